The van der Waals surface area contributed by atoms with Crippen molar-refractivity contribution in [3.8, 4) is 0 Å². The zero-order valence-corrected chi connectivity index (χ0v) is 13.8. The van der Waals surface area contributed by atoms with Crippen LogP contribution >= 0.6 is 7.60 Å². The van der Waals surface area contributed by atoms with Crippen LogP contribution in [-0.4, -0.2) is 33.4 Å². The molecule has 0 spiro atoms. The second-order valence-corrected chi connectivity index (χ2v) is 7.53. The monoisotopic (exact) mass is 341 g/mol. The number of carbonyl (C=O) groups is 1. The molecule has 1 fully saturated rings. The molecule has 1 aromatic rings. The molecule has 1 unspecified atom stereocenters. The van der Waals surface area contributed by atoms with Crippen LogP contribution in [0.25, 0.3) is 0 Å². The van der Waals surface area contributed by atoms with Gasteiger partial charge in [0.25, 0.3) is 0 Å². The Balaban J connectivity index is 2.01. The molecule has 1 atom stereocenters. The van der Waals surface area contributed by atoms with Crippen LogP contribution in [-0.2, 0) is 16.0 Å². The maximum atomic E-state index is 11.5. The topological polar surface area (TPSA) is 120 Å². The first-order valence-electron chi connectivity index (χ1n) is 7.08. The number of aryl methyl sites for hydroxylation is 1. The highest BCUT2D eigenvalue weighted by atomic mass is 31.2. The Kier molecular flexibility index (Phi) is 5.09. The van der Waals surface area contributed by atoms with E-state index in [1.54, 1.807) is 6.92 Å². The summed E-state index contributed by atoms with van der Waals surface area (Å²) in [6.07, 6.45) is -0.314. The summed E-state index contributed by atoms with van der Waals surface area (Å²) >= 11 is 0. The van der Waals surface area contributed by atoms with E-state index in [9.17, 15) is 9.36 Å². The van der Waals surface area contributed by atoms with Crippen molar-refractivity contribution in [2.24, 2.45) is 5.16 Å². The van der Waals surface area contributed by atoms with Crippen LogP contribution in [0.4, 0.5) is 4.79 Å². The van der Waals surface area contributed by atoms with E-state index in [1.807, 2.05) is 31.2 Å². The van der Waals surface area contributed by atoms with Gasteiger partial charge in [-0.15, -0.1) is 0 Å². The van der Waals surface area contributed by atoms with Crippen LogP contribution in [0.5, 0.6) is 0 Å². The molecule has 1 saturated heterocycles. The first kappa shape index (κ1) is 17.5. The van der Waals surface area contributed by atoms with Gasteiger partial charge in [0.2, 0.25) is 0 Å². The van der Waals surface area contributed by atoms with E-state index in [2.05, 4.69) is 15.8 Å². The van der Waals surface area contributed by atoms with Gasteiger partial charge < -0.3 is 19.9 Å². The summed E-state index contributed by atoms with van der Waals surface area (Å²) in [7, 11) is -4.16. The summed E-state index contributed by atoms with van der Waals surface area (Å²) < 4.78 is 11.0. The minimum atomic E-state index is -4.16. The van der Waals surface area contributed by atoms with Crippen molar-refractivity contribution in [1.82, 2.24) is 10.6 Å². The fourth-order valence-electron chi connectivity index (χ4n) is 2.12. The summed E-state index contributed by atoms with van der Waals surface area (Å²) in [5, 5.41) is 9.02. The van der Waals surface area contributed by atoms with Crippen LogP contribution in [0.2, 0.25) is 0 Å². The van der Waals surface area contributed by atoms with Crippen molar-refractivity contribution < 1.29 is 24.0 Å². The lowest BCUT2D eigenvalue weighted by Gasteiger charge is -2.22. The maximum Gasteiger partial charge on any atom is 0.325 e. The largest absolute Gasteiger partial charge is 0.389 e. The van der Waals surface area contributed by atoms with Gasteiger partial charge in [0.05, 0.1) is 6.16 Å². The SMILES string of the molecule is Cc1ccc(CON=C2NC(=O)NC2(C)CCP(=O)(O)O)cc1. The normalized spacial score (nSPS) is 22.8. The van der Waals surface area contributed by atoms with Crippen LogP contribution in [0.15, 0.2) is 29.4 Å². The molecule has 2 amide bonds. The van der Waals surface area contributed by atoms with E-state index in [1.165, 1.54) is 0 Å². The number of amidine groups is 1. The third kappa shape index (κ3) is 5.06. The molecule has 1 aliphatic heterocycles. The Labute approximate surface area is 134 Å². The number of nitrogens with zero attached hydrogens (tertiary/aromatic N) is 1. The van der Waals surface area contributed by atoms with E-state index in [-0.39, 0.29) is 25.0 Å². The van der Waals surface area contributed by atoms with Crippen molar-refractivity contribution in [1.29, 1.82) is 0 Å². The highest BCUT2D eigenvalue weighted by molar-refractivity contribution is 7.51. The number of hydrogen-bond acceptors (Lipinski definition) is 4. The Morgan fingerprint density at radius 1 is 1.30 bits per heavy atom. The van der Waals surface area contributed by atoms with Crippen molar-refractivity contribution in [2.45, 2.75) is 32.4 Å². The molecule has 1 aliphatic rings. The van der Waals surface area contributed by atoms with Gasteiger partial charge >= 0.3 is 13.6 Å². The highest BCUT2D eigenvalue weighted by Gasteiger charge is 2.41. The molecular weight excluding hydrogens is 321 g/mol. The summed E-state index contributed by atoms with van der Waals surface area (Å²) in [5.74, 6) is 0.211. The minimum absolute atomic E-state index is 0.0444. The molecule has 2 rings (SSSR count). The molecule has 126 valence electrons. The number of amides is 2. The van der Waals surface area contributed by atoms with E-state index in [0.29, 0.717) is 0 Å². The lowest BCUT2D eigenvalue weighted by molar-refractivity contribution is 0.128. The van der Waals surface area contributed by atoms with Gasteiger partial charge in [-0.2, -0.15) is 0 Å². The fourth-order valence-corrected chi connectivity index (χ4v) is 2.85. The number of benzene rings is 1. The minimum Gasteiger partial charge on any atom is -0.389 e. The Hall–Kier alpha value is -1.89. The Morgan fingerprint density at radius 3 is 2.57 bits per heavy atom. The number of carbonyl (C=O) groups excluding carboxylic acids is 1. The zero-order chi connectivity index (χ0) is 17.1. The summed E-state index contributed by atoms with van der Waals surface area (Å²) in [5.41, 5.74) is 1.07. The van der Waals surface area contributed by atoms with E-state index < -0.39 is 19.2 Å². The second kappa shape index (κ2) is 6.70. The van der Waals surface area contributed by atoms with Gasteiger partial charge in [-0.3, -0.25) is 9.88 Å². The molecule has 0 aromatic heterocycles. The molecule has 0 bridgehead atoms. The number of nitrogens with one attached hydrogen (secondary N) is 2. The molecule has 23 heavy (non-hydrogen) atoms. The average molecular weight is 341 g/mol. The van der Waals surface area contributed by atoms with Gasteiger partial charge in [-0.25, -0.2) is 4.79 Å². The number of urea groups is 1. The maximum absolute atomic E-state index is 11.5. The molecule has 0 radical (unpaired) electrons. The predicted molar refractivity (Wildman–Crippen MR) is 85.0 cm³/mol. The van der Waals surface area contributed by atoms with E-state index >= 15 is 0 Å². The molecule has 1 heterocycles. The van der Waals surface area contributed by atoms with Gasteiger partial charge in [-0.05, 0) is 25.8 Å². The van der Waals surface area contributed by atoms with Crippen LogP contribution in [0, 0.1) is 6.92 Å². The summed E-state index contributed by atoms with van der Waals surface area (Å²) in [4.78, 5) is 34.8. The second-order valence-electron chi connectivity index (χ2n) is 5.75. The third-order valence-corrected chi connectivity index (χ3v) is 4.36. The molecular formula is C14H20N3O5P. The number of oxime groups is 1. The lowest BCUT2D eigenvalue weighted by atomic mass is 9.99. The van der Waals surface area contributed by atoms with Crippen molar-refractivity contribution in [2.75, 3.05) is 6.16 Å². The van der Waals surface area contributed by atoms with Crippen LogP contribution in [0.3, 0.4) is 0 Å². The van der Waals surface area contributed by atoms with Crippen molar-refractivity contribution in [3.05, 3.63) is 35.4 Å². The molecule has 8 nitrogen and oxygen atoms in total. The van der Waals surface area contributed by atoms with E-state index in [0.717, 1.165) is 11.1 Å². The third-order valence-electron chi connectivity index (χ3n) is 3.55. The first-order chi connectivity index (χ1) is 10.7. The van der Waals surface area contributed by atoms with Crippen molar-refractivity contribution >= 4 is 19.5 Å². The van der Waals surface area contributed by atoms with Gasteiger partial charge in [0.1, 0.15) is 12.1 Å². The van der Waals surface area contributed by atoms with Crippen molar-refractivity contribution in [3.63, 3.8) is 0 Å². The van der Waals surface area contributed by atoms with E-state index in [4.69, 9.17) is 14.6 Å². The van der Waals surface area contributed by atoms with Crippen LogP contribution < -0.4 is 10.6 Å². The van der Waals surface area contributed by atoms with Gasteiger partial charge in [0.15, 0.2) is 5.84 Å². The molecule has 0 saturated carbocycles. The van der Waals surface area contributed by atoms with Crippen LogP contribution in [0.1, 0.15) is 24.5 Å². The standard InChI is InChI=1S/C14H20N3O5P/c1-10-3-5-11(6-4-10)9-22-17-12-14(2,16-13(18)15-12)7-8-23(19,20)21/h3-6H,7-9H2,1-2H3,(H2,19,20,21)(H2,15,16,17,18). The average Bonchev–Trinajstić information content (AvgIpc) is 2.73. The van der Waals surface area contributed by atoms with Gasteiger partial charge in [-0.1, -0.05) is 35.0 Å². The smallest absolute Gasteiger partial charge is 0.325 e. The molecule has 1 aromatic carbocycles. The highest BCUT2D eigenvalue weighted by Crippen LogP contribution is 2.37. The van der Waals surface area contributed by atoms with Gasteiger partial charge in [0, 0.05) is 0 Å². The fraction of sp³-hybridized carbons (Fsp3) is 0.429. The molecule has 9 heteroatoms. The zero-order valence-electron chi connectivity index (χ0n) is 12.9. The first-order valence-corrected chi connectivity index (χ1v) is 8.87. The summed E-state index contributed by atoms with van der Waals surface area (Å²) in [6, 6.07) is 7.25. The molecule has 4 N–H and O–H groups in total. The predicted octanol–water partition coefficient (Wildman–Crippen LogP) is 1.46. The Morgan fingerprint density at radius 2 is 1.96 bits per heavy atom. The lowest BCUT2D eigenvalue weighted by Crippen LogP contribution is -2.44. The Bertz CT molecular complexity index is 655. The number of rotatable bonds is 6. The molecule has 0 aliphatic carbocycles. The summed E-state index contributed by atoms with van der Waals surface area (Å²) in [6.45, 7) is 3.85. The number of hydrogen-bond donors (Lipinski definition) is 4. The quantitative estimate of drug-likeness (QED) is 0.461.